The Kier molecular flexibility index (Phi) is 6.37. The van der Waals surface area contributed by atoms with E-state index >= 15 is 0 Å². The smallest absolute Gasteiger partial charge is 0.106 e. The lowest BCUT2D eigenvalue weighted by Crippen LogP contribution is -1.86. The highest BCUT2D eigenvalue weighted by atomic mass is 35.5. The van der Waals surface area contributed by atoms with Gasteiger partial charge < -0.3 is 4.84 Å². The van der Waals surface area contributed by atoms with Gasteiger partial charge in [0, 0.05) is 5.57 Å². The molecule has 0 aliphatic carbocycles. The lowest BCUT2D eigenvalue weighted by molar-refractivity contribution is 0.215. The molecule has 0 saturated heterocycles. The van der Waals surface area contributed by atoms with Gasteiger partial charge in [-0.25, -0.2) is 0 Å². The third-order valence-corrected chi connectivity index (χ3v) is 1.87. The summed E-state index contributed by atoms with van der Waals surface area (Å²) in [6, 6.07) is 0. The minimum atomic E-state index is 0.275. The largest absolute Gasteiger partial charge is 0.399 e. The minimum absolute atomic E-state index is 0.275. The molecule has 0 aromatic carbocycles. The van der Waals surface area contributed by atoms with Crippen molar-refractivity contribution in [3.8, 4) is 0 Å². The van der Waals surface area contributed by atoms with Crippen LogP contribution in [0.3, 0.4) is 0 Å². The molecule has 0 aliphatic rings. The number of rotatable bonds is 4. The highest BCUT2D eigenvalue weighted by Crippen LogP contribution is 2.20. The molecule has 0 bridgehead atoms. The van der Waals surface area contributed by atoms with Gasteiger partial charge in [0.1, 0.15) is 7.11 Å². The van der Waals surface area contributed by atoms with Gasteiger partial charge >= 0.3 is 0 Å². The van der Waals surface area contributed by atoms with E-state index in [0.717, 1.165) is 0 Å². The summed E-state index contributed by atoms with van der Waals surface area (Å²) in [6.07, 6.45) is 5.05. The van der Waals surface area contributed by atoms with Crippen molar-refractivity contribution in [2.45, 2.75) is 6.92 Å². The van der Waals surface area contributed by atoms with Crippen LogP contribution in [0.5, 0.6) is 0 Å². The van der Waals surface area contributed by atoms with Crippen LogP contribution in [0.2, 0.25) is 0 Å². The maximum atomic E-state index is 5.85. The number of hydrogen-bond acceptors (Lipinski definition) is 2. The first-order chi connectivity index (χ1) is 6.13. The van der Waals surface area contributed by atoms with E-state index in [1.54, 1.807) is 6.08 Å². The third-order valence-electron chi connectivity index (χ3n) is 1.14. The van der Waals surface area contributed by atoms with Crippen LogP contribution in [0.4, 0.5) is 0 Å². The van der Waals surface area contributed by atoms with Crippen molar-refractivity contribution in [3.63, 3.8) is 0 Å². The second-order valence-electron chi connectivity index (χ2n) is 2.09. The van der Waals surface area contributed by atoms with Crippen molar-refractivity contribution < 1.29 is 4.84 Å². The summed E-state index contributed by atoms with van der Waals surface area (Å²) >= 11 is 11.5. The Morgan fingerprint density at radius 3 is 2.46 bits per heavy atom. The van der Waals surface area contributed by atoms with Crippen molar-refractivity contribution >= 4 is 29.4 Å². The lowest BCUT2D eigenvalue weighted by atomic mass is 10.2. The average molecular weight is 220 g/mol. The number of nitrogens with zero attached hydrogens (tertiary/aromatic N) is 1. The van der Waals surface area contributed by atoms with Gasteiger partial charge in [-0.2, -0.15) is 0 Å². The van der Waals surface area contributed by atoms with E-state index in [1.807, 2.05) is 13.0 Å². The van der Waals surface area contributed by atoms with Crippen molar-refractivity contribution in [1.82, 2.24) is 0 Å². The summed E-state index contributed by atoms with van der Waals surface area (Å²) in [6.45, 7) is 5.37. The molecule has 4 heteroatoms. The highest BCUT2D eigenvalue weighted by molar-refractivity contribution is 6.44. The van der Waals surface area contributed by atoms with E-state index in [4.69, 9.17) is 23.2 Å². The van der Waals surface area contributed by atoms with Crippen LogP contribution < -0.4 is 0 Å². The zero-order valence-electron chi connectivity index (χ0n) is 7.55. The fraction of sp³-hybridized carbons (Fsp3) is 0.222. The first-order valence-corrected chi connectivity index (χ1v) is 4.32. The van der Waals surface area contributed by atoms with E-state index in [9.17, 15) is 0 Å². The Labute approximate surface area is 88.2 Å². The predicted molar refractivity (Wildman–Crippen MR) is 58.2 cm³/mol. The average Bonchev–Trinajstić information content (AvgIpc) is 2.11. The van der Waals surface area contributed by atoms with E-state index < -0.39 is 0 Å². The first kappa shape index (κ1) is 12.3. The zero-order valence-corrected chi connectivity index (χ0v) is 9.06. The van der Waals surface area contributed by atoms with Gasteiger partial charge in [-0.05, 0) is 6.92 Å². The van der Waals surface area contributed by atoms with Crippen LogP contribution in [-0.2, 0) is 4.84 Å². The minimum Gasteiger partial charge on any atom is -0.399 e. The van der Waals surface area contributed by atoms with Gasteiger partial charge in [-0.3, -0.25) is 0 Å². The monoisotopic (exact) mass is 219 g/mol. The summed E-state index contributed by atoms with van der Waals surface area (Å²) in [7, 11) is 1.45. The van der Waals surface area contributed by atoms with E-state index in [0.29, 0.717) is 10.6 Å². The topological polar surface area (TPSA) is 21.6 Å². The molecular weight excluding hydrogens is 209 g/mol. The first-order valence-electron chi connectivity index (χ1n) is 3.57. The maximum Gasteiger partial charge on any atom is 0.106 e. The van der Waals surface area contributed by atoms with Crippen molar-refractivity contribution in [3.05, 3.63) is 34.4 Å². The lowest BCUT2D eigenvalue weighted by Gasteiger charge is -1.98. The van der Waals surface area contributed by atoms with Gasteiger partial charge in [0.25, 0.3) is 0 Å². The summed E-state index contributed by atoms with van der Waals surface area (Å²) in [5.41, 5.74) is 0.658. The van der Waals surface area contributed by atoms with E-state index in [1.165, 1.54) is 13.3 Å². The number of allylic oxidation sites excluding steroid dienone is 5. The molecule has 13 heavy (non-hydrogen) atoms. The molecule has 0 saturated carbocycles. The second kappa shape index (κ2) is 6.75. The van der Waals surface area contributed by atoms with Crippen LogP contribution in [0.25, 0.3) is 0 Å². The number of halogens is 2. The van der Waals surface area contributed by atoms with Crippen LogP contribution in [0, 0.1) is 0 Å². The Morgan fingerprint density at radius 1 is 1.46 bits per heavy atom. The Hall–Kier alpha value is -0.730. The second-order valence-corrected chi connectivity index (χ2v) is 2.93. The van der Waals surface area contributed by atoms with Gasteiger partial charge in [0.15, 0.2) is 0 Å². The molecule has 0 aromatic rings. The molecule has 72 valence electrons. The highest BCUT2D eigenvalue weighted by Gasteiger charge is 2.01. The van der Waals surface area contributed by atoms with Gasteiger partial charge in [0.05, 0.1) is 16.3 Å². The third kappa shape index (κ3) is 4.76. The predicted octanol–water partition coefficient (Wildman–Crippen LogP) is 3.44. The molecule has 0 aliphatic heterocycles. The molecule has 0 aromatic heterocycles. The van der Waals surface area contributed by atoms with Crippen molar-refractivity contribution in [2.24, 2.45) is 5.16 Å². The molecule has 0 fully saturated rings. The zero-order chi connectivity index (χ0) is 10.3. The van der Waals surface area contributed by atoms with Gasteiger partial charge in [-0.15, -0.1) is 0 Å². The molecule has 0 atom stereocenters. The quantitative estimate of drug-likeness (QED) is 0.404. The van der Waals surface area contributed by atoms with Crippen LogP contribution in [0.15, 0.2) is 39.5 Å². The molecule has 0 heterocycles. The van der Waals surface area contributed by atoms with Crippen molar-refractivity contribution in [2.75, 3.05) is 7.11 Å². The normalized spacial score (nSPS) is 13.5. The molecule has 0 spiro atoms. The molecule has 0 rings (SSSR count). The fourth-order valence-electron chi connectivity index (χ4n) is 0.619. The summed E-state index contributed by atoms with van der Waals surface area (Å²) < 4.78 is 0. The SMILES string of the molecule is C=C(Cl)/C(Cl)=C(\C=C/C)/C=N/OC. The molecule has 2 nitrogen and oxygen atoms in total. The van der Waals surface area contributed by atoms with Gasteiger partial charge in [0.2, 0.25) is 0 Å². The molecule has 0 amide bonds. The molecule has 0 unspecified atom stereocenters. The van der Waals surface area contributed by atoms with E-state index in [2.05, 4.69) is 16.6 Å². The summed E-state index contributed by atoms with van der Waals surface area (Å²) in [5, 5.41) is 4.21. The number of oxime groups is 1. The Morgan fingerprint density at radius 2 is 2.08 bits per heavy atom. The maximum absolute atomic E-state index is 5.85. The number of hydrogen-bond donors (Lipinski definition) is 0. The van der Waals surface area contributed by atoms with Crippen molar-refractivity contribution in [1.29, 1.82) is 0 Å². The standard InChI is InChI=1S/C9H11Cl2NO/c1-4-5-8(6-12-13-3)9(11)7(2)10/h4-6H,2H2,1,3H3/b5-4-,9-8-,12-6+. The Balaban J connectivity index is 4.88. The fourth-order valence-corrected chi connectivity index (χ4v) is 0.839. The molecule has 0 N–H and O–H groups in total. The van der Waals surface area contributed by atoms with Crippen LogP contribution in [-0.4, -0.2) is 13.3 Å². The molecular formula is C9H11Cl2NO. The summed E-state index contributed by atoms with van der Waals surface area (Å²) in [5.74, 6) is 0. The summed E-state index contributed by atoms with van der Waals surface area (Å²) in [4.78, 5) is 4.52. The van der Waals surface area contributed by atoms with Crippen LogP contribution >= 0.6 is 23.2 Å². The van der Waals surface area contributed by atoms with Crippen LogP contribution in [0.1, 0.15) is 6.92 Å². The van der Waals surface area contributed by atoms with E-state index in [-0.39, 0.29) is 5.03 Å². The molecule has 0 radical (unpaired) electrons. The van der Waals surface area contributed by atoms with Gasteiger partial charge in [-0.1, -0.05) is 47.1 Å². The Bertz CT molecular complexity index is 267.